The SMILES string of the molecule is Cc1c(C(=O)NC[C@@H]2C[C@H](C)CN2)[nH]c2cc(-c3ccc(F)cc3)ccc12. The summed E-state index contributed by atoms with van der Waals surface area (Å²) in [6.45, 7) is 5.83. The number of aromatic nitrogens is 1. The number of halogens is 1. The lowest BCUT2D eigenvalue weighted by Crippen LogP contribution is -2.37. The van der Waals surface area contributed by atoms with Crippen LogP contribution in [0.25, 0.3) is 22.0 Å². The molecule has 5 heteroatoms. The van der Waals surface area contributed by atoms with E-state index < -0.39 is 0 Å². The van der Waals surface area contributed by atoms with Gasteiger partial charge in [-0.2, -0.15) is 0 Å². The molecule has 140 valence electrons. The zero-order valence-corrected chi connectivity index (χ0v) is 15.6. The molecule has 0 saturated carbocycles. The predicted molar refractivity (Wildman–Crippen MR) is 106 cm³/mol. The molecule has 1 aliphatic heterocycles. The van der Waals surface area contributed by atoms with Gasteiger partial charge in [0, 0.05) is 23.5 Å². The van der Waals surface area contributed by atoms with Gasteiger partial charge in [0.05, 0.1) is 0 Å². The van der Waals surface area contributed by atoms with Crippen molar-refractivity contribution < 1.29 is 9.18 Å². The van der Waals surface area contributed by atoms with Crippen molar-refractivity contribution in [3.8, 4) is 11.1 Å². The van der Waals surface area contributed by atoms with Gasteiger partial charge in [0.1, 0.15) is 11.5 Å². The summed E-state index contributed by atoms with van der Waals surface area (Å²) in [7, 11) is 0. The molecule has 1 aliphatic rings. The van der Waals surface area contributed by atoms with Crippen LogP contribution in [-0.4, -0.2) is 30.0 Å². The fraction of sp³-hybridized carbons (Fsp3) is 0.318. The van der Waals surface area contributed by atoms with Crippen molar-refractivity contribution in [3.05, 3.63) is 59.5 Å². The zero-order valence-electron chi connectivity index (χ0n) is 15.6. The van der Waals surface area contributed by atoms with E-state index in [1.165, 1.54) is 12.1 Å². The van der Waals surface area contributed by atoms with Gasteiger partial charge in [-0.05, 0) is 60.7 Å². The van der Waals surface area contributed by atoms with Gasteiger partial charge in [0.15, 0.2) is 0 Å². The molecule has 3 N–H and O–H groups in total. The van der Waals surface area contributed by atoms with Crippen molar-refractivity contribution in [2.75, 3.05) is 13.1 Å². The summed E-state index contributed by atoms with van der Waals surface area (Å²) in [5, 5.41) is 7.50. The van der Waals surface area contributed by atoms with Crippen LogP contribution in [0.3, 0.4) is 0 Å². The van der Waals surface area contributed by atoms with E-state index in [2.05, 4.69) is 22.5 Å². The van der Waals surface area contributed by atoms with Gasteiger partial charge in [0.25, 0.3) is 5.91 Å². The third-order valence-corrected chi connectivity index (χ3v) is 5.41. The number of hydrogen-bond donors (Lipinski definition) is 3. The van der Waals surface area contributed by atoms with Gasteiger partial charge >= 0.3 is 0 Å². The lowest BCUT2D eigenvalue weighted by Gasteiger charge is -2.11. The highest BCUT2D eigenvalue weighted by Crippen LogP contribution is 2.28. The minimum Gasteiger partial charge on any atom is -0.350 e. The lowest BCUT2D eigenvalue weighted by atomic mass is 10.0. The summed E-state index contributed by atoms with van der Waals surface area (Å²) >= 11 is 0. The fourth-order valence-corrected chi connectivity index (χ4v) is 3.87. The first-order chi connectivity index (χ1) is 13.0. The van der Waals surface area contributed by atoms with Gasteiger partial charge in [-0.25, -0.2) is 4.39 Å². The number of carbonyl (C=O) groups is 1. The van der Waals surface area contributed by atoms with Gasteiger partial charge in [-0.15, -0.1) is 0 Å². The fourth-order valence-electron chi connectivity index (χ4n) is 3.87. The van der Waals surface area contributed by atoms with Crippen LogP contribution >= 0.6 is 0 Å². The molecule has 0 unspecified atom stereocenters. The number of nitrogens with one attached hydrogen (secondary N) is 3. The van der Waals surface area contributed by atoms with Crippen LogP contribution in [0.15, 0.2) is 42.5 Å². The van der Waals surface area contributed by atoms with Crippen molar-refractivity contribution >= 4 is 16.8 Å². The van der Waals surface area contributed by atoms with Crippen molar-refractivity contribution in [2.45, 2.75) is 26.3 Å². The first-order valence-electron chi connectivity index (χ1n) is 9.41. The quantitative estimate of drug-likeness (QED) is 0.654. The second-order valence-corrected chi connectivity index (χ2v) is 7.55. The van der Waals surface area contributed by atoms with Crippen LogP contribution in [0, 0.1) is 18.7 Å². The van der Waals surface area contributed by atoms with Crippen LogP contribution in [-0.2, 0) is 0 Å². The first-order valence-corrected chi connectivity index (χ1v) is 9.41. The molecule has 1 fully saturated rings. The molecular weight excluding hydrogens is 341 g/mol. The van der Waals surface area contributed by atoms with E-state index >= 15 is 0 Å². The number of fused-ring (bicyclic) bond motifs is 1. The van der Waals surface area contributed by atoms with Gasteiger partial charge in [0.2, 0.25) is 0 Å². The summed E-state index contributed by atoms with van der Waals surface area (Å²) in [4.78, 5) is 15.9. The Hall–Kier alpha value is -2.66. The summed E-state index contributed by atoms with van der Waals surface area (Å²) in [5.74, 6) is 0.334. The van der Waals surface area contributed by atoms with Crippen molar-refractivity contribution in [3.63, 3.8) is 0 Å². The topological polar surface area (TPSA) is 56.9 Å². The Balaban J connectivity index is 1.55. The van der Waals surface area contributed by atoms with Crippen molar-refractivity contribution in [1.29, 1.82) is 0 Å². The summed E-state index contributed by atoms with van der Waals surface area (Å²) in [5.41, 5.74) is 4.39. The Morgan fingerprint density at radius 1 is 1.19 bits per heavy atom. The van der Waals surface area contributed by atoms with Crippen LogP contribution < -0.4 is 10.6 Å². The maximum Gasteiger partial charge on any atom is 0.268 e. The Bertz CT molecular complexity index is 977. The third kappa shape index (κ3) is 3.60. The van der Waals surface area contributed by atoms with E-state index in [9.17, 15) is 9.18 Å². The molecule has 0 spiro atoms. The highest BCUT2D eigenvalue weighted by molar-refractivity contribution is 6.01. The largest absolute Gasteiger partial charge is 0.350 e. The average Bonchev–Trinajstić information content (AvgIpc) is 3.23. The average molecular weight is 365 g/mol. The van der Waals surface area contributed by atoms with E-state index in [0.29, 0.717) is 24.2 Å². The molecule has 0 bridgehead atoms. The van der Waals surface area contributed by atoms with E-state index in [4.69, 9.17) is 0 Å². The number of aromatic amines is 1. The molecule has 4 rings (SSSR count). The monoisotopic (exact) mass is 365 g/mol. The number of aryl methyl sites for hydroxylation is 1. The van der Waals surface area contributed by atoms with Crippen LogP contribution in [0.4, 0.5) is 4.39 Å². The molecule has 27 heavy (non-hydrogen) atoms. The molecule has 4 nitrogen and oxygen atoms in total. The lowest BCUT2D eigenvalue weighted by molar-refractivity contribution is 0.0945. The molecule has 2 aromatic carbocycles. The summed E-state index contributed by atoms with van der Waals surface area (Å²) in [6.07, 6.45) is 1.09. The summed E-state index contributed by atoms with van der Waals surface area (Å²) < 4.78 is 13.2. The molecule has 0 aliphatic carbocycles. The maximum absolute atomic E-state index is 13.2. The van der Waals surface area contributed by atoms with Crippen molar-refractivity contribution in [2.24, 2.45) is 5.92 Å². The summed E-state index contributed by atoms with van der Waals surface area (Å²) in [6, 6.07) is 12.8. The number of H-pyrrole nitrogens is 1. The van der Waals surface area contributed by atoms with E-state index in [-0.39, 0.29) is 11.7 Å². The number of hydrogen-bond acceptors (Lipinski definition) is 2. The molecule has 0 radical (unpaired) electrons. The molecule has 1 aromatic heterocycles. The van der Waals surface area contributed by atoms with E-state index in [1.807, 2.05) is 25.1 Å². The molecule has 2 atom stereocenters. The normalized spacial score (nSPS) is 19.5. The first kappa shape index (κ1) is 17.7. The predicted octanol–water partition coefficient (Wildman–Crippen LogP) is 4.01. The minimum absolute atomic E-state index is 0.0756. The molecule has 1 saturated heterocycles. The maximum atomic E-state index is 13.2. The highest BCUT2D eigenvalue weighted by Gasteiger charge is 2.22. The highest BCUT2D eigenvalue weighted by atomic mass is 19.1. The van der Waals surface area contributed by atoms with Crippen LogP contribution in [0.1, 0.15) is 29.4 Å². The molecular formula is C22H24FN3O. The standard InChI is InChI=1S/C22H24FN3O/c1-13-9-18(24-11-13)12-25-22(27)21-14(2)19-8-5-16(10-20(19)26-21)15-3-6-17(23)7-4-15/h3-8,10,13,18,24,26H,9,11-12H2,1-2H3,(H,25,27)/t13-,18-/m0/s1. The van der Waals surface area contributed by atoms with Crippen LogP contribution in [0.2, 0.25) is 0 Å². The molecule has 1 amide bonds. The van der Waals surface area contributed by atoms with Crippen molar-refractivity contribution in [1.82, 2.24) is 15.6 Å². The van der Waals surface area contributed by atoms with E-state index in [0.717, 1.165) is 40.6 Å². The Morgan fingerprint density at radius 3 is 2.63 bits per heavy atom. The van der Waals surface area contributed by atoms with Gasteiger partial charge < -0.3 is 15.6 Å². The second kappa shape index (κ2) is 7.16. The van der Waals surface area contributed by atoms with Crippen LogP contribution in [0.5, 0.6) is 0 Å². The second-order valence-electron chi connectivity index (χ2n) is 7.55. The van der Waals surface area contributed by atoms with E-state index in [1.54, 1.807) is 12.1 Å². The number of amides is 1. The minimum atomic E-state index is -0.249. The third-order valence-electron chi connectivity index (χ3n) is 5.41. The molecule has 2 heterocycles. The zero-order chi connectivity index (χ0) is 19.0. The Kier molecular flexibility index (Phi) is 4.70. The Morgan fingerprint density at radius 2 is 1.93 bits per heavy atom. The Labute approximate surface area is 158 Å². The smallest absolute Gasteiger partial charge is 0.268 e. The number of carbonyl (C=O) groups excluding carboxylic acids is 1. The van der Waals surface area contributed by atoms with Gasteiger partial charge in [-0.3, -0.25) is 4.79 Å². The number of rotatable bonds is 4. The number of benzene rings is 2. The van der Waals surface area contributed by atoms with Gasteiger partial charge in [-0.1, -0.05) is 31.2 Å². The molecule has 3 aromatic rings.